The van der Waals surface area contributed by atoms with Gasteiger partial charge in [0.1, 0.15) is 28.4 Å². The largest absolute Gasteiger partial charge is 0.508 e. The van der Waals surface area contributed by atoms with Crippen LogP contribution in [0, 0.1) is 0 Å². The molecule has 0 aromatic heterocycles. The first-order chi connectivity index (χ1) is 15.5. The number of aliphatic hydroxyl groups excluding tert-OH is 1. The van der Waals surface area contributed by atoms with Crippen LogP contribution in [0.4, 0.5) is 0 Å². The first-order valence-electron chi connectivity index (χ1n) is 10.6. The zero-order valence-corrected chi connectivity index (χ0v) is 19.0. The molecule has 0 atom stereocenters. The third-order valence-corrected chi connectivity index (χ3v) is 5.44. The lowest BCUT2D eigenvalue weighted by molar-refractivity contribution is -0.131. The van der Waals surface area contributed by atoms with Crippen LogP contribution in [0.2, 0.25) is 0 Å². The highest BCUT2D eigenvalue weighted by Gasteiger charge is 2.34. The number of phenols is 2. The Morgan fingerprint density at radius 2 is 1.82 bits per heavy atom. The highest BCUT2D eigenvalue weighted by molar-refractivity contribution is 6.21. The normalized spacial score (nSPS) is 17.6. The molecule has 0 spiro atoms. The molecule has 2 heterocycles. The summed E-state index contributed by atoms with van der Waals surface area (Å²) in [6.45, 7) is 7.74. The Labute approximate surface area is 192 Å². The van der Waals surface area contributed by atoms with Crippen LogP contribution in [0.15, 0.2) is 59.6 Å². The number of phenolic OH excluding ortho intramolecular Hbond substituents is 2. The molecule has 170 valence electrons. The molecule has 2 aromatic rings. The third-order valence-electron chi connectivity index (χ3n) is 5.44. The van der Waals surface area contributed by atoms with Crippen molar-refractivity contribution in [3.63, 3.8) is 0 Å². The van der Waals surface area contributed by atoms with Gasteiger partial charge in [-0.3, -0.25) is 0 Å². The lowest BCUT2D eigenvalue weighted by atomic mass is 9.96. The zero-order valence-electron chi connectivity index (χ0n) is 19.0. The SMILES string of the molecule is CC(C)=CCc1cc(/C=C2/OC(=O)C(c3cc4c(cc3O)OC(C)(C)C=C4)=C2O)ccc1O. The van der Waals surface area contributed by atoms with Crippen LogP contribution in [0.3, 0.4) is 0 Å². The smallest absolute Gasteiger partial charge is 0.348 e. The fraction of sp³-hybridized carbons (Fsp3) is 0.222. The van der Waals surface area contributed by atoms with E-state index in [1.807, 2.05) is 45.9 Å². The predicted molar refractivity (Wildman–Crippen MR) is 127 cm³/mol. The number of carbonyl (C=O) groups is 1. The zero-order chi connectivity index (χ0) is 23.9. The van der Waals surface area contributed by atoms with Crippen LogP contribution in [-0.2, 0) is 16.0 Å². The molecule has 2 aliphatic heterocycles. The number of benzene rings is 2. The quantitative estimate of drug-likeness (QED) is 0.414. The van der Waals surface area contributed by atoms with E-state index in [2.05, 4.69) is 0 Å². The molecule has 0 amide bonds. The topological polar surface area (TPSA) is 96.2 Å². The molecule has 0 radical (unpaired) electrons. The van der Waals surface area contributed by atoms with E-state index < -0.39 is 11.6 Å². The Balaban J connectivity index is 1.72. The molecule has 2 aliphatic rings. The van der Waals surface area contributed by atoms with Gasteiger partial charge in [0.25, 0.3) is 0 Å². The van der Waals surface area contributed by atoms with Crippen molar-refractivity contribution in [2.75, 3.05) is 0 Å². The second kappa shape index (κ2) is 8.20. The monoisotopic (exact) mass is 446 g/mol. The Bertz CT molecular complexity index is 1270. The number of hydrogen-bond donors (Lipinski definition) is 3. The highest BCUT2D eigenvalue weighted by Crippen LogP contribution is 2.42. The van der Waals surface area contributed by atoms with Gasteiger partial charge in [-0.15, -0.1) is 0 Å². The van der Waals surface area contributed by atoms with Crippen molar-refractivity contribution in [2.24, 2.45) is 0 Å². The van der Waals surface area contributed by atoms with Crippen molar-refractivity contribution < 1.29 is 29.6 Å². The first-order valence-corrected chi connectivity index (χ1v) is 10.6. The van der Waals surface area contributed by atoms with Crippen molar-refractivity contribution >= 4 is 23.7 Å². The number of aliphatic hydroxyl groups is 1. The number of hydrogen-bond acceptors (Lipinski definition) is 6. The Hall–Kier alpha value is -3.93. The van der Waals surface area contributed by atoms with Gasteiger partial charge in [0.2, 0.25) is 0 Å². The molecular weight excluding hydrogens is 420 g/mol. The van der Waals surface area contributed by atoms with Gasteiger partial charge in [0.15, 0.2) is 11.5 Å². The Morgan fingerprint density at radius 3 is 2.55 bits per heavy atom. The standard InChI is InChI=1S/C27H26O6/c1-15(2)5-7-17-11-16(6-8-20(17)28)12-23-25(30)24(26(31)32-23)19-13-18-9-10-27(3,4)33-22(18)14-21(19)29/h5-6,8-14,28-30H,7H2,1-4H3/b23-12+. The number of cyclic esters (lactones) is 1. The van der Waals surface area contributed by atoms with E-state index in [4.69, 9.17) is 9.47 Å². The van der Waals surface area contributed by atoms with E-state index in [1.165, 1.54) is 12.1 Å². The van der Waals surface area contributed by atoms with Gasteiger partial charge in [0, 0.05) is 17.2 Å². The predicted octanol–water partition coefficient (Wildman–Crippen LogP) is 5.66. The number of esters is 1. The van der Waals surface area contributed by atoms with Crippen molar-refractivity contribution in [1.82, 2.24) is 0 Å². The van der Waals surface area contributed by atoms with Gasteiger partial charge in [-0.25, -0.2) is 4.79 Å². The molecule has 2 aromatic carbocycles. The number of carbonyl (C=O) groups excluding carboxylic acids is 1. The molecule has 6 nitrogen and oxygen atoms in total. The van der Waals surface area contributed by atoms with Crippen LogP contribution < -0.4 is 4.74 Å². The maximum Gasteiger partial charge on any atom is 0.348 e. The fourth-order valence-electron chi connectivity index (χ4n) is 3.69. The maximum absolute atomic E-state index is 12.6. The van der Waals surface area contributed by atoms with Crippen LogP contribution in [0.25, 0.3) is 17.7 Å². The van der Waals surface area contributed by atoms with Crippen molar-refractivity contribution in [3.05, 3.63) is 81.8 Å². The van der Waals surface area contributed by atoms with E-state index in [1.54, 1.807) is 24.3 Å². The summed E-state index contributed by atoms with van der Waals surface area (Å²) in [6.07, 6.45) is 7.79. The van der Waals surface area contributed by atoms with E-state index >= 15 is 0 Å². The van der Waals surface area contributed by atoms with Crippen LogP contribution >= 0.6 is 0 Å². The molecule has 0 saturated heterocycles. The molecule has 0 fully saturated rings. The van der Waals surface area contributed by atoms with E-state index in [0.29, 0.717) is 28.9 Å². The summed E-state index contributed by atoms with van der Waals surface area (Å²) in [5.74, 6) is -0.712. The molecule has 6 heteroatoms. The summed E-state index contributed by atoms with van der Waals surface area (Å²) in [5, 5.41) is 31.5. The van der Waals surface area contributed by atoms with Gasteiger partial charge < -0.3 is 24.8 Å². The average molecular weight is 446 g/mol. The van der Waals surface area contributed by atoms with Gasteiger partial charge in [-0.1, -0.05) is 23.8 Å². The minimum atomic E-state index is -0.765. The summed E-state index contributed by atoms with van der Waals surface area (Å²) in [6, 6.07) is 8.00. The number of aromatic hydroxyl groups is 2. The first kappa shape index (κ1) is 22.3. The third kappa shape index (κ3) is 4.51. The average Bonchev–Trinajstić information content (AvgIpc) is 3.00. The molecule has 33 heavy (non-hydrogen) atoms. The summed E-state index contributed by atoms with van der Waals surface area (Å²) in [5.41, 5.74) is 2.68. The number of allylic oxidation sites excluding steroid dienone is 2. The molecule has 0 bridgehead atoms. The maximum atomic E-state index is 12.6. The Kier molecular flexibility index (Phi) is 5.54. The summed E-state index contributed by atoms with van der Waals surface area (Å²) in [4.78, 5) is 12.6. The lowest BCUT2D eigenvalue weighted by Crippen LogP contribution is -2.27. The minimum absolute atomic E-state index is 0.0288. The summed E-state index contributed by atoms with van der Waals surface area (Å²) < 4.78 is 11.2. The van der Waals surface area contributed by atoms with Crippen LogP contribution in [-0.4, -0.2) is 26.9 Å². The molecule has 0 saturated carbocycles. The fourth-order valence-corrected chi connectivity index (χ4v) is 3.69. The molecular formula is C27H26O6. The van der Waals surface area contributed by atoms with Gasteiger partial charge >= 0.3 is 5.97 Å². The van der Waals surface area contributed by atoms with Gasteiger partial charge in [-0.2, -0.15) is 0 Å². The second-order valence-corrected chi connectivity index (χ2v) is 8.94. The molecule has 3 N–H and O–H groups in total. The molecule has 0 unspecified atom stereocenters. The van der Waals surface area contributed by atoms with Crippen LogP contribution in [0.5, 0.6) is 17.2 Å². The van der Waals surface area contributed by atoms with Crippen LogP contribution in [0.1, 0.15) is 49.9 Å². The minimum Gasteiger partial charge on any atom is -0.508 e. The highest BCUT2D eigenvalue weighted by atomic mass is 16.6. The van der Waals surface area contributed by atoms with E-state index in [9.17, 15) is 20.1 Å². The van der Waals surface area contributed by atoms with Crippen molar-refractivity contribution in [3.8, 4) is 17.2 Å². The summed E-state index contributed by atoms with van der Waals surface area (Å²) >= 11 is 0. The van der Waals surface area contributed by atoms with E-state index in [0.717, 1.165) is 5.57 Å². The summed E-state index contributed by atoms with van der Waals surface area (Å²) in [7, 11) is 0. The number of ether oxygens (including phenoxy) is 2. The van der Waals surface area contributed by atoms with Gasteiger partial charge in [-0.05, 0) is 75.6 Å². The van der Waals surface area contributed by atoms with Crippen molar-refractivity contribution in [2.45, 2.75) is 39.7 Å². The lowest BCUT2D eigenvalue weighted by Gasteiger charge is -2.28. The second-order valence-electron chi connectivity index (χ2n) is 8.94. The van der Waals surface area contributed by atoms with Gasteiger partial charge in [0.05, 0.1) is 0 Å². The molecule has 0 aliphatic carbocycles. The molecule has 4 rings (SSSR count). The Morgan fingerprint density at radius 1 is 1.06 bits per heavy atom. The van der Waals surface area contributed by atoms with Crippen molar-refractivity contribution in [1.29, 1.82) is 0 Å². The number of fused-ring (bicyclic) bond motifs is 1. The number of rotatable bonds is 4. The van der Waals surface area contributed by atoms with E-state index in [-0.39, 0.29) is 34.2 Å².